The minimum absolute atomic E-state index is 0.206. The molecule has 1 aromatic heterocycles. The van der Waals surface area contributed by atoms with Crippen LogP contribution in [0.2, 0.25) is 0 Å². The monoisotopic (exact) mass is 441 g/mol. The lowest BCUT2D eigenvalue weighted by atomic mass is 10.0. The number of benzene rings is 3. The van der Waals surface area contributed by atoms with Crippen LogP contribution in [0.5, 0.6) is 17.4 Å². The van der Waals surface area contributed by atoms with Crippen LogP contribution < -0.4 is 14.4 Å². The molecule has 6 heteroatoms. The molecule has 0 bridgehead atoms. The third kappa shape index (κ3) is 5.66. The Kier molecular flexibility index (Phi) is 6.83. The number of carbonyl (C=O) groups excluding carboxylic acids is 1. The van der Waals surface area contributed by atoms with Crippen LogP contribution in [0.1, 0.15) is 17.5 Å². The second-order valence-electron chi connectivity index (χ2n) is 8.08. The van der Waals surface area contributed by atoms with Crippen molar-refractivity contribution in [3.63, 3.8) is 0 Å². The van der Waals surface area contributed by atoms with E-state index in [0.717, 1.165) is 39.9 Å². The van der Waals surface area contributed by atoms with Gasteiger partial charge in [-0.1, -0.05) is 24.3 Å². The van der Waals surface area contributed by atoms with Crippen LogP contribution in [0.15, 0.2) is 73.1 Å². The summed E-state index contributed by atoms with van der Waals surface area (Å²) in [6.07, 6.45) is 3.14. The molecule has 168 valence electrons. The number of aryl methyl sites for hydroxylation is 1. The van der Waals surface area contributed by atoms with Crippen LogP contribution in [-0.4, -0.2) is 37.0 Å². The maximum atomic E-state index is 12.4. The number of carbonyl (C=O) groups is 1. The molecular weight excluding hydrogens is 414 g/mol. The van der Waals surface area contributed by atoms with E-state index in [2.05, 4.69) is 9.97 Å². The molecule has 0 atom stereocenters. The van der Waals surface area contributed by atoms with E-state index in [9.17, 15) is 4.79 Å². The van der Waals surface area contributed by atoms with Crippen molar-refractivity contribution in [2.24, 2.45) is 0 Å². The number of ketones is 1. The van der Waals surface area contributed by atoms with Crippen LogP contribution >= 0.6 is 0 Å². The van der Waals surface area contributed by atoms with Gasteiger partial charge in [0.2, 0.25) is 5.88 Å². The van der Waals surface area contributed by atoms with Crippen LogP contribution in [0.4, 0.5) is 5.69 Å². The first-order chi connectivity index (χ1) is 16.0. The molecule has 4 aromatic rings. The lowest BCUT2D eigenvalue weighted by Crippen LogP contribution is -2.08. The van der Waals surface area contributed by atoms with Gasteiger partial charge in [-0.05, 0) is 60.0 Å². The van der Waals surface area contributed by atoms with Crippen molar-refractivity contribution in [1.29, 1.82) is 0 Å². The number of hydrogen-bond acceptors (Lipinski definition) is 6. The zero-order valence-corrected chi connectivity index (χ0v) is 19.1. The van der Waals surface area contributed by atoms with Crippen LogP contribution in [-0.2, 0) is 17.6 Å². The lowest BCUT2D eigenvalue weighted by molar-refractivity contribution is -0.118. The molecule has 0 N–H and O–H groups in total. The Balaban J connectivity index is 1.36. The van der Waals surface area contributed by atoms with Gasteiger partial charge in [0.1, 0.15) is 23.6 Å². The molecule has 0 unspecified atom stereocenters. The summed E-state index contributed by atoms with van der Waals surface area (Å²) in [7, 11) is 5.63. The summed E-state index contributed by atoms with van der Waals surface area (Å²) < 4.78 is 11.2. The van der Waals surface area contributed by atoms with Crippen molar-refractivity contribution in [2.45, 2.75) is 19.3 Å². The number of hydrogen-bond donors (Lipinski definition) is 0. The number of rotatable bonds is 9. The quantitative estimate of drug-likeness (QED) is 0.354. The molecule has 1 heterocycles. The van der Waals surface area contributed by atoms with E-state index in [4.69, 9.17) is 9.47 Å². The highest BCUT2D eigenvalue weighted by Gasteiger charge is 2.09. The van der Waals surface area contributed by atoms with E-state index < -0.39 is 0 Å². The molecule has 0 aliphatic heterocycles. The van der Waals surface area contributed by atoms with Gasteiger partial charge in [0.15, 0.2) is 0 Å². The smallest absolute Gasteiger partial charge is 0.230 e. The summed E-state index contributed by atoms with van der Waals surface area (Å²) in [6.45, 7) is 0. The number of Topliss-reactive ketones (excluding diaryl/α,β-unsaturated/α-hetero) is 1. The van der Waals surface area contributed by atoms with Crippen molar-refractivity contribution in [3.8, 4) is 17.4 Å². The average molecular weight is 442 g/mol. The van der Waals surface area contributed by atoms with E-state index in [1.54, 1.807) is 7.11 Å². The van der Waals surface area contributed by atoms with Gasteiger partial charge < -0.3 is 14.4 Å². The maximum absolute atomic E-state index is 12.4. The minimum atomic E-state index is 0.206. The van der Waals surface area contributed by atoms with Gasteiger partial charge in [-0.3, -0.25) is 4.79 Å². The molecular formula is C27H27N3O3. The fourth-order valence-corrected chi connectivity index (χ4v) is 3.56. The van der Waals surface area contributed by atoms with Gasteiger partial charge >= 0.3 is 0 Å². The van der Waals surface area contributed by atoms with E-state index in [0.29, 0.717) is 24.5 Å². The number of aromatic nitrogens is 2. The molecule has 0 spiro atoms. The number of fused-ring (bicyclic) bond motifs is 1. The van der Waals surface area contributed by atoms with Gasteiger partial charge in [-0.15, -0.1) is 0 Å². The topological polar surface area (TPSA) is 64.5 Å². The fraction of sp³-hybridized carbons (Fsp3) is 0.222. The summed E-state index contributed by atoms with van der Waals surface area (Å²) in [6, 6.07) is 21.4. The van der Waals surface area contributed by atoms with Gasteiger partial charge in [0.25, 0.3) is 0 Å². The highest BCUT2D eigenvalue weighted by molar-refractivity contribution is 5.86. The largest absolute Gasteiger partial charge is 0.497 e. The zero-order valence-electron chi connectivity index (χ0n) is 19.1. The number of anilines is 1. The standard InChI is InChI=1S/C27H27N3O3/c1-30(2)21-9-15-25-26(17-21)28-18-29-27(25)33-24-13-7-20(8-14-24)16-22(31)10-4-19-5-11-23(32-3)12-6-19/h5-9,11-15,17-18H,4,10,16H2,1-3H3. The first kappa shape index (κ1) is 22.3. The average Bonchev–Trinajstić information content (AvgIpc) is 2.84. The molecule has 3 aromatic carbocycles. The molecule has 0 aliphatic carbocycles. The molecule has 6 nitrogen and oxygen atoms in total. The molecule has 4 rings (SSSR count). The molecule has 0 saturated carbocycles. The highest BCUT2D eigenvalue weighted by atomic mass is 16.5. The lowest BCUT2D eigenvalue weighted by Gasteiger charge is -2.13. The second kappa shape index (κ2) is 10.1. The van der Waals surface area contributed by atoms with Gasteiger partial charge in [0.05, 0.1) is 18.0 Å². The fourth-order valence-electron chi connectivity index (χ4n) is 3.56. The molecule has 33 heavy (non-hydrogen) atoms. The maximum Gasteiger partial charge on any atom is 0.230 e. The summed E-state index contributed by atoms with van der Waals surface area (Å²) >= 11 is 0. The van der Waals surface area contributed by atoms with Crippen molar-refractivity contribution < 1.29 is 14.3 Å². The molecule has 0 amide bonds. The minimum Gasteiger partial charge on any atom is -0.497 e. The van der Waals surface area contributed by atoms with Gasteiger partial charge in [-0.25, -0.2) is 9.97 Å². The summed E-state index contributed by atoms with van der Waals surface area (Å²) in [4.78, 5) is 23.1. The Hall–Kier alpha value is -3.93. The van der Waals surface area contributed by atoms with E-state index in [-0.39, 0.29) is 5.78 Å². The molecule has 0 fully saturated rings. The Morgan fingerprint density at radius 3 is 2.27 bits per heavy atom. The molecule has 0 aliphatic rings. The number of ether oxygens (including phenoxy) is 2. The molecule has 0 saturated heterocycles. The zero-order chi connectivity index (χ0) is 23.2. The van der Waals surface area contributed by atoms with Crippen LogP contribution in [0, 0.1) is 0 Å². The van der Waals surface area contributed by atoms with E-state index in [1.165, 1.54) is 6.33 Å². The van der Waals surface area contributed by atoms with Crippen LogP contribution in [0.25, 0.3) is 10.9 Å². The first-order valence-electron chi connectivity index (χ1n) is 10.9. The first-order valence-corrected chi connectivity index (χ1v) is 10.9. The summed E-state index contributed by atoms with van der Waals surface area (Å²) in [5, 5.41) is 0.848. The van der Waals surface area contributed by atoms with Gasteiger partial charge in [0, 0.05) is 32.6 Å². The second-order valence-corrected chi connectivity index (χ2v) is 8.08. The summed E-state index contributed by atoms with van der Waals surface area (Å²) in [5.41, 5.74) is 3.98. The van der Waals surface area contributed by atoms with E-state index in [1.807, 2.05) is 85.7 Å². The van der Waals surface area contributed by atoms with Crippen molar-refractivity contribution >= 4 is 22.4 Å². The van der Waals surface area contributed by atoms with Crippen molar-refractivity contribution in [1.82, 2.24) is 9.97 Å². The third-order valence-electron chi connectivity index (χ3n) is 5.49. The predicted molar refractivity (Wildman–Crippen MR) is 130 cm³/mol. The number of nitrogens with zero attached hydrogens (tertiary/aromatic N) is 3. The predicted octanol–water partition coefficient (Wildman–Crippen LogP) is 5.24. The Morgan fingerprint density at radius 2 is 1.58 bits per heavy atom. The normalized spacial score (nSPS) is 10.8. The third-order valence-corrected chi connectivity index (χ3v) is 5.49. The van der Waals surface area contributed by atoms with Crippen molar-refractivity contribution in [3.05, 3.63) is 84.2 Å². The Labute approximate surface area is 193 Å². The molecule has 0 radical (unpaired) electrons. The SMILES string of the molecule is COc1ccc(CCC(=O)Cc2ccc(Oc3ncnc4cc(N(C)C)ccc34)cc2)cc1. The summed E-state index contributed by atoms with van der Waals surface area (Å²) in [5.74, 6) is 2.20. The Morgan fingerprint density at radius 1 is 0.879 bits per heavy atom. The number of methoxy groups -OCH3 is 1. The van der Waals surface area contributed by atoms with E-state index >= 15 is 0 Å². The highest BCUT2D eigenvalue weighted by Crippen LogP contribution is 2.29. The van der Waals surface area contributed by atoms with Crippen molar-refractivity contribution in [2.75, 3.05) is 26.1 Å². The van der Waals surface area contributed by atoms with Crippen LogP contribution in [0.3, 0.4) is 0 Å². The Bertz CT molecular complexity index is 1240. The van der Waals surface area contributed by atoms with Gasteiger partial charge in [-0.2, -0.15) is 0 Å².